The fraction of sp³-hybridized carbons (Fsp3) is 0.00870. The molecule has 0 aliphatic heterocycles. The van der Waals surface area contributed by atoms with E-state index in [0.717, 1.165) is 177 Å². The number of para-hydroxylation sites is 8. The van der Waals surface area contributed by atoms with Gasteiger partial charge in [-0.05, 0) is 115 Å². The molecule has 0 aliphatic carbocycles. The third-order valence-corrected chi connectivity index (χ3v) is 25.8. The van der Waals surface area contributed by atoms with Crippen molar-refractivity contribution in [3.63, 3.8) is 0 Å². The summed E-state index contributed by atoms with van der Waals surface area (Å²) in [5, 5.41) is 17.5. The molecule has 27 aromatic rings. The van der Waals surface area contributed by atoms with Gasteiger partial charge in [0.2, 0.25) is 0 Å². The highest BCUT2D eigenvalue weighted by molar-refractivity contribution is 7.26. The summed E-state index contributed by atoms with van der Waals surface area (Å²) in [6, 6.07) is 146. The number of furan rings is 2. The van der Waals surface area contributed by atoms with Crippen molar-refractivity contribution in [1.82, 2.24) is 43.6 Å². The first kappa shape index (κ1) is 74.1. The van der Waals surface area contributed by atoms with Gasteiger partial charge >= 0.3 is 0 Å². The number of hydrogen-bond acceptors (Lipinski definition) is 9. The standard InChI is InChI=1S/2C38H23N3O.C38H23N3S.CH4/c1-2-11-24(12-3-1)35-31-17-4-7-18-32(31)39-38(40-35)25-13-10-14-26(23-25)41-33-19-8-5-15-27(33)29-21-22-30-28-16-6-9-20-34(28)42-37(30)36(29)41;1-2-10-24(11-3-1)35-31-14-4-7-15-32(31)39-38(40-35)25-18-20-26(21-19-25)41-33-16-8-5-12-27(33)29-22-23-30-28-13-6-9-17-34(28)42-37(30)36(29)41;1-2-11-24(12-3-1)35-31-17-4-7-18-32(31)39-38(40-35)25-13-10-14-26(23-25)41-33-19-8-5-15-27(33)29-21-22-30-28-16-6-9-20-34(28)42-37(30)36(29)41;/h3*1-23H;1H4. The van der Waals surface area contributed by atoms with Crippen LogP contribution in [0.2, 0.25) is 0 Å². The van der Waals surface area contributed by atoms with E-state index in [-0.39, 0.29) is 7.43 Å². The number of nitrogens with zero attached hydrogens (tertiary/aromatic N) is 9. The third-order valence-electron chi connectivity index (χ3n) is 24.6. The van der Waals surface area contributed by atoms with Crippen LogP contribution in [0, 0.1) is 0 Å². The number of rotatable bonds is 9. The largest absolute Gasteiger partial charge is 0.454 e. The Morgan fingerprint density at radius 3 is 0.969 bits per heavy atom. The Balaban J connectivity index is 0.000000106. The fourth-order valence-electron chi connectivity index (χ4n) is 18.9. The van der Waals surface area contributed by atoms with Crippen LogP contribution >= 0.6 is 11.3 Å². The van der Waals surface area contributed by atoms with Crippen LogP contribution in [0.15, 0.2) is 427 Å². The Morgan fingerprint density at radius 2 is 0.528 bits per heavy atom. The molecule has 18 aromatic carbocycles. The van der Waals surface area contributed by atoms with Crippen molar-refractivity contribution in [2.75, 3.05) is 0 Å². The van der Waals surface area contributed by atoms with Gasteiger partial charge in [0.05, 0.1) is 71.4 Å². The highest BCUT2D eigenvalue weighted by atomic mass is 32.1. The normalized spacial score (nSPS) is 11.7. The second-order valence-corrected chi connectivity index (χ2v) is 32.9. The van der Waals surface area contributed by atoms with Crippen LogP contribution in [-0.2, 0) is 0 Å². The average Bonchev–Trinajstić information content (AvgIpc) is 1.57. The van der Waals surface area contributed by atoms with Crippen LogP contribution in [0.1, 0.15) is 7.43 Å². The number of fused-ring (bicyclic) bond motifs is 24. The smallest absolute Gasteiger partial charge is 0.160 e. The predicted octanol–water partition coefficient (Wildman–Crippen LogP) is 31.0. The molecule has 127 heavy (non-hydrogen) atoms. The molecular weight excluding hydrogens is 1570 g/mol. The second kappa shape index (κ2) is 30.4. The van der Waals surface area contributed by atoms with Crippen LogP contribution in [0.3, 0.4) is 0 Å². The lowest BCUT2D eigenvalue weighted by atomic mass is 10.1. The summed E-state index contributed by atoms with van der Waals surface area (Å²) < 4.78 is 22.7. The zero-order chi connectivity index (χ0) is 82.9. The summed E-state index contributed by atoms with van der Waals surface area (Å²) in [5.74, 6) is 2.13. The average molecular weight is 1640 g/mol. The molecule has 0 saturated carbocycles. The van der Waals surface area contributed by atoms with E-state index >= 15 is 0 Å². The molecule has 0 saturated heterocycles. The van der Waals surface area contributed by atoms with E-state index in [9.17, 15) is 0 Å². The maximum absolute atomic E-state index is 6.54. The summed E-state index contributed by atoms with van der Waals surface area (Å²) in [6.45, 7) is 0. The minimum Gasteiger partial charge on any atom is -0.454 e. The molecule has 11 nitrogen and oxygen atoms in total. The Labute approximate surface area is 731 Å². The van der Waals surface area contributed by atoms with Crippen molar-refractivity contribution < 1.29 is 8.83 Å². The van der Waals surface area contributed by atoms with Gasteiger partial charge in [-0.3, -0.25) is 0 Å². The summed E-state index contributed by atoms with van der Waals surface area (Å²) in [6.07, 6.45) is 0. The molecule has 0 bridgehead atoms. The second-order valence-electron chi connectivity index (χ2n) is 31.9. The van der Waals surface area contributed by atoms with Gasteiger partial charge in [-0.15, -0.1) is 11.3 Å². The van der Waals surface area contributed by atoms with Gasteiger partial charge in [0.15, 0.2) is 28.6 Å². The predicted molar refractivity (Wildman–Crippen MR) is 528 cm³/mol. The molecule has 596 valence electrons. The molecule has 12 heteroatoms. The maximum Gasteiger partial charge on any atom is 0.160 e. The van der Waals surface area contributed by atoms with E-state index in [0.29, 0.717) is 11.6 Å². The van der Waals surface area contributed by atoms with Crippen molar-refractivity contribution in [2.45, 2.75) is 7.43 Å². The van der Waals surface area contributed by atoms with Gasteiger partial charge in [0.25, 0.3) is 0 Å². The van der Waals surface area contributed by atoms with Gasteiger partial charge in [-0.25, -0.2) is 29.9 Å². The van der Waals surface area contributed by atoms with E-state index in [1.54, 1.807) is 0 Å². The van der Waals surface area contributed by atoms with Crippen molar-refractivity contribution in [3.05, 3.63) is 419 Å². The fourth-order valence-corrected chi connectivity index (χ4v) is 20.1. The highest BCUT2D eigenvalue weighted by Crippen LogP contribution is 2.47. The molecule has 9 aromatic heterocycles. The molecule has 0 aliphatic rings. The monoisotopic (exact) mass is 1640 g/mol. The lowest BCUT2D eigenvalue weighted by molar-refractivity contribution is 0.670. The Hall–Kier alpha value is -16.8. The summed E-state index contributed by atoms with van der Waals surface area (Å²) in [7, 11) is 0. The quantitative estimate of drug-likeness (QED) is 0.140. The highest BCUT2D eigenvalue weighted by Gasteiger charge is 2.25. The van der Waals surface area contributed by atoms with Gasteiger partial charge in [-0.2, -0.15) is 0 Å². The van der Waals surface area contributed by atoms with E-state index in [2.05, 4.69) is 335 Å². The van der Waals surface area contributed by atoms with E-state index in [4.69, 9.17) is 38.7 Å². The number of benzene rings is 18. The molecule has 0 spiro atoms. The zero-order valence-corrected chi connectivity index (χ0v) is 68.4. The van der Waals surface area contributed by atoms with Crippen LogP contribution in [-0.4, -0.2) is 43.6 Å². The minimum absolute atomic E-state index is 0. The molecular formula is C115H73N9O2S. The van der Waals surface area contributed by atoms with Crippen molar-refractivity contribution >= 4 is 174 Å². The molecule has 0 fully saturated rings. The van der Waals surface area contributed by atoms with E-state index in [1.807, 2.05) is 108 Å². The third kappa shape index (κ3) is 12.3. The maximum atomic E-state index is 6.54. The Kier molecular flexibility index (Phi) is 17.7. The molecule has 0 amide bonds. The van der Waals surface area contributed by atoms with Crippen molar-refractivity contribution in [1.29, 1.82) is 0 Å². The summed E-state index contributed by atoms with van der Waals surface area (Å²) in [4.78, 5) is 30.4. The first-order valence-electron chi connectivity index (χ1n) is 42.3. The summed E-state index contributed by atoms with van der Waals surface area (Å²) >= 11 is 1.87. The SMILES string of the molecule is C.c1ccc(-c2nc(-c3ccc(-n4c5ccccc5c5ccc6c7ccccc7oc6c54)cc3)nc3ccccc23)cc1.c1ccc(-c2nc(-c3cccc(-n4c5ccccc5c5ccc6c7ccccc7oc6c54)c3)nc3ccccc23)cc1.c1ccc(-c2nc(-c3cccc(-n4c5ccccc5c5ccc6c7ccccc7sc6c54)c3)nc3ccccc23)cc1. The molecule has 9 heterocycles. The number of aromatic nitrogens is 9. The van der Waals surface area contributed by atoms with Crippen molar-refractivity contribution in [2.24, 2.45) is 0 Å². The first-order chi connectivity index (χ1) is 62.5. The Bertz CT molecular complexity index is 8710. The number of thiophene rings is 1. The van der Waals surface area contributed by atoms with Crippen LogP contribution < -0.4 is 0 Å². The van der Waals surface area contributed by atoms with Crippen LogP contribution in [0.4, 0.5) is 0 Å². The summed E-state index contributed by atoms with van der Waals surface area (Å²) in [5.41, 5.74) is 25.4. The topological polar surface area (TPSA) is 118 Å². The van der Waals surface area contributed by atoms with E-state index in [1.165, 1.54) is 58.1 Å². The Morgan fingerprint density at radius 1 is 0.205 bits per heavy atom. The van der Waals surface area contributed by atoms with E-state index < -0.39 is 0 Å². The van der Waals surface area contributed by atoms with Crippen LogP contribution in [0.5, 0.6) is 0 Å². The number of hydrogen-bond donors (Lipinski definition) is 0. The zero-order valence-electron chi connectivity index (χ0n) is 67.6. The van der Waals surface area contributed by atoms with Gasteiger partial charge in [-0.1, -0.05) is 311 Å². The lowest BCUT2D eigenvalue weighted by Gasteiger charge is -2.12. The lowest BCUT2D eigenvalue weighted by Crippen LogP contribution is -1.98. The minimum atomic E-state index is 0. The molecule has 0 atom stereocenters. The van der Waals surface area contributed by atoms with Gasteiger partial charge < -0.3 is 22.5 Å². The van der Waals surface area contributed by atoms with Crippen LogP contribution in [0.25, 0.3) is 247 Å². The van der Waals surface area contributed by atoms with Crippen molar-refractivity contribution in [3.8, 4) is 85.0 Å². The first-order valence-corrected chi connectivity index (χ1v) is 43.1. The van der Waals surface area contributed by atoms with Gasteiger partial charge in [0.1, 0.15) is 11.2 Å². The molecule has 27 rings (SSSR count). The molecule has 0 unspecified atom stereocenters. The molecule has 0 N–H and O–H groups in total. The molecule has 0 radical (unpaired) electrons. The van der Waals surface area contributed by atoms with Gasteiger partial charge in [0, 0.05) is 136 Å².